The Labute approximate surface area is 192 Å². The third-order valence-electron chi connectivity index (χ3n) is 5.56. The first-order valence-corrected chi connectivity index (χ1v) is 11.8. The van der Waals surface area contributed by atoms with E-state index in [1.165, 1.54) is 17.0 Å². The van der Waals surface area contributed by atoms with Crippen LogP contribution in [0.2, 0.25) is 0 Å². The first kappa shape index (κ1) is 22.0. The van der Waals surface area contributed by atoms with E-state index < -0.39 is 0 Å². The topological polar surface area (TPSA) is 64.7 Å². The molecule has 1 aromatic heterocycles. The number of hydrogen-bond donors (Lipinski definition) is 2. The number of piperazine rings is 1. The summed E-state index contributed by atoms with van der Waals surface area (Å²) in [6.45, 7) is 5.73. The molecule has 1 aliphatic rings. The molecule has 0 atom stereocenters. The molecule has 0 unspecified atom stereocenters. The lowest BCUT2D eigenvalue weighted by Crippen LogP contribution is -2.47. The number of carbonyl (C=O) groups excluding carboxylic acids is 2. The fourth-order valence-corrected chi connectivity index (χ4v) is 4.43. The van der Waals surface area contributed by atoms with Crippen molar-refractivity contribution in [2.75, 3.05) is 49.5 Å². The Balaban J connectivity index is 1.17. The monoisotopic (exact) mass is 448 g/mol. The van der Waals surface area contributed by atoms with Crippen molar-refractivity contribution in [3.05, 3.63) is 82.6 Å². The van der Waals surface area contributed by atoms with Gasteiger partial charge in [0.05, 0.1) is 4.88 Å². The normalized spacial score (nSPS) is 14.2. The molecule has 0 bridgehead atoms. The molecule has 0 aliphatic carbocycles. The lowest BCUT2D eigenvalue weighted by Gasteiger charge is -2.36. The van der Waals surface area contributed by atoms with Gasteiger partial charge in [0.1, 0.15) is 0 Å². The highest BCUT2D eigenvalue weighted by Gasteiger charge is 2.16. The number of thiophene rings is 1. The van der Waals surface area contributed by atoms with Crippen LogP contribution in [0, 0.1) is 0 Å². The van der Waals surface area contributed by atoms with Crippen LogP contribution >= 0.6 is 11.3 Å². The Morgan fingerprint density at radius 2 is 1.69 bits per heavy atom. The Hall–Kier alpha value is -3.16. The van der Waals surface area contributed by atoms with Gasteiger partial charge < -0.3 is 15.5 Å². The number of nitrogens with zero attached hydrogens (tertiary/aromatic N) is 2. The predicted octanol–water partition coefficient (Wildman–Crippen LogP) is 3.94. The standard InChI is InChI=1S/C25H28N4O2S/c30-24(20-7-4-8-21(19-20)27-25(31)23-11-5-18-32-23)26-12-6-13-28-14-16-29(17-15-28)22-9-2-1-3-10-22/h1-5,7-11,18-19H,6,12-17H2,(H,26,30)(H,27,31). The molecule has 3 aromatic rings. The lowest BCUT2D eigenvalue weighted by molar-refractivity contribution is 0.0950. The second kappa shape index (κ2) is 10.9. The zero-order chi connectivity index (χ0) is 22.2. The zero-order valence-corrected chi connectivity index (χ0v) is 18.8. The van der Waals surface area contributed by atoms with Gasteiger partial charge in [0.25, 0.3) is 11.8 Å². The Morgan fingerprint density at radius 3 is 2.44 bits per heavy atom. The van der Waals surface area contributed by atoms with Gasteiger partial charge in [-0.25, -0.2) is 0 Å². The molecule has 2 amide bonds. The molecule has 32 heavy (non-hydrogen) atoms. The Bertz CT molecular complexity index is 1020. The van der Waals surface area contributed by atoms with Gasteiger partial charge in [-0.2, -0.15) is 0 Å². The maximum atomic E-state index is 12.5. The summed E-state index contributed by atoms with van der Waals surface area (Å²) in [7, 11) is 0. The molecule has 1 aliphatic heterocycles. The fraction of sp³-hybridized carbons (Fsp3) is 0.280. The van der Waals surface area contributed by atoms with Crippen molar-refractivity contribution in [2.45, 2.75) is 6.42 Å². The van der Waals surface area contributed by atoms with Crippen molar-refractivity contribution in [3.8, 4) is 0 Å². The maximum absolute atomic E-state index is 12.5. The summed E-state index contributed by atoms with van der Waals surface area (Å²) < 4.78 is 0. The molecule has 166 valence electrons. The smallest absolute Gasteiger partial charge is 0.265 e. The highest BCUT2D eigenvalue weighted by molar-refractivity contribution is 7.12. The highest BCUT2D eigenvalue weighted by atomic mass is 32.1. The third kappa shape index (κ3) is 5.96. The van der Waals surface area contributed by atoms with Crippen LogP contribution in [0.15, 0.2) is 72.1 Å². The number of amides is 2. The summed E-state index contributed by atoms with van der Waals surface area (Å²) in [5.74, 6) is -0.281. The first-order valence-electron chi connectivity index (χ1n) is 10.9. The minimum absolute atomic E-state index is 0.119. The van der Waals surface area contributed by atoms with Crippen molar-refractivity contribution >= 4 is 34.5 Å². The average Bonchev–Trinajstić information content (AvgIpc) is 3.38. The molecule has 0 saturated carbocycles. The number of rotatable bonds is 8. The van der Waals surface area contributed by atoms with Gasteiger partial charge in [0.2, 0.25) is 0 Å². The second-order valence-corrected chi connectivity index (χ2v) is 8.73. The Kier molecular flexibility index (Phi) is 7.53. The van der Waals surface area contributed by atoms with Gasteiger partial charge >= 0.3 is 0 Å². The molecular formula is C25H28N4O2S. The molecule has 6 nitrogen and oxygen atoms in total. The van der Waals surface area contributed by atoms with Gasteiger partial charge in [0, 0.05) is 49.7 Å². The van der Waals surface area contributed by atoms with E-state index >= 15 is 0 Å². The quantitative estimate of drug-likeness (QED) is 0.513. The minimum atomic E-state index is -0.162. The van der Waals surface area contributed by atoms with Crippen LogP contribution in [0.3, 0.4) is 0 Å². The van der Waals surface area contributed by atoms with Gasteiger partial charge in [-0.15, -0.1) is 11.3 Å². The van der Waals surface area contributed by atoms with E-state index in [1.807, 2.05) is 17.5 Å². The molecule has 1 fully saturated rings. The molecule has 0 spiro atoms. The van der Waals surface area contributed by atoms with Crippen LogP contribution in [-0.2, 0) is 0 Å². The summed E-state index contributed by atoms with van der Waals surface area (Å²) in [6, 6.07) is 21.2. The largest absolute Gasteiger partial charge is 0.369 e. The molecule has 2 N–H and O–H groups in total. The van der Waals surface area contributed by atoms with Crippen LogP contribution in [0.5, 0.6) is 0 Å². The predicted molar refractivity (Wildman–Crippen MR) is 131 cm³/mol. The molecule has 2 aromatic carbocycles. The van der Waals surface area contributed by atoms with Crippen molar-refractivity contribution < 1.29 is 9.59 Å². The minimum Gasteiger partial charge on any atom is -0.369 e. The van der Waals surface area contributed by atoms with Crippen LogP contribution < -0.4 is 15.5 Å². The van der Waals surface area contributed by atoms with E-state index in [4.69, 9.17) is 0 Å². The van der Waals surface area contributed by atoms with Crippen molar-refractivity contribution in [1.82, 2.24) is 10.2 Å². The van der Waals surface area contributed by atoms with E-state index in [0.717, 1.165) is 39.1 Å². The average molecular weight is 449 g/mol. The van der Waals surface area contributed by atoms with Crippen LogP contribution in [0.1, 0.15) is 26.5 Å². The zero-order valence-electron chi connectivity index (χ0n) is 18.0. The van der Waals surface area contributed by atoms with Crippen molar-refractivity contribution in [1.29, 1.82) is 0 Å². The summed E-state index contributed by atoms with van der Waals surface area (Å²) in [6.07, 6.45) is 0.909. The van der Waals surface area contributed by atoms with E-state index in [0.29, 0.717) is 22.7 Å². The molecule has 7 heteroatoms. The number of hydrogen-bond acceptors (Lipinski definition) is 5. The van der Waals surface area contributed by atoms with Crippen LogP contribution in [0.25, 0.3) is 0 Å². The van der Waals surface area contributed by atoms with Crippen LogP contribution in [-0.4, -0.2) is 56.0 Å². The third-order valence-corrected chi connectivity index (χ3v) is 6.43. The number of carbonyl (C=O) groups is 2. The second-order valence-electron chi connectivity index (χ2n) is 7.79. The van der Waals surface area contributed by atoms with Crippen LogP contribution in [0.4, 0.5) is 11.4 Å². The first-order chi connectivity index (χ1) is 15.7. The summed E-state index contributed by atoms with van der Waals surface area (Å²) >= 11 is 1.39. The van der Waals surface area contributed by atoms with E-state index in [-0.39, 0.29) is 11.8 Å². The SMILES string of the molecule is O=C(NCCCN1CCN(c2ccccc2)CC1)c1cccc(NC(=O)c2cccs2)c1. The number of nitrogens with one attached hydrogen (secondary N) is 2. The van der Waals surface area contributed by atoms with Gasteiger partial charge in [-0.3, -0.25) is 14.5 Å². The fourth-order valence-electron chi connectivity index (χ4n) is 3.81. The van der Waals surface area contributed by atoms with E-state index in [1.54, 1.807) is 30.3 Å². The van der Waals surface area contributed by atoms with Crippen molar-refractivity contribution in [3.63, 3.8) is 0 Å². The lowest BCUT2D eigenvalue weighted by atomic mass is 10.2. The van der Waals surface area contributed by atoms with Gasteiger partial charge in [-0.1, -0.05) is 30.3 Å². The van der Waals surface area contributed by atoms with Gasteiger partial charge in [-0.05, 0) is 54.7 Å². The highest BCUT2D eigenvalue weighted by Crippen LogP contribution is 2.16. The van der Waals surface area contributed by atoms with Crippen molar-refractivity contribution in [2.24, 2.45) is 0 Å². The maximum Gasteiger partial charge on any atom is 0.265 e. The molecule has 4 rings (SSSR count). The molecular weight excluding hydrogens is 420 g/mol. The summed E-state index contributed by atoms with van der Waals surface area (Å²) in [5.41, 5.74) is 2.45. The molecule has 1 saturated heterocycles. The molecule has 0 radical (unpaired) electrons. The number of anilines is 2. The van der Waals surface area contributed by atoms with E-state index in [2.05, 4.69) is 44.7 Å². The number of para-hydroxylation sites is 1. The summed E-state index contributed by atoms with van der Waals surface area (Å²) in [5, 5.41) is 7.70. The van der Waals surface area contributed by atoms with Gasteiger partial charge in [0.15, 0.2) is 0 Å². The molecule has 2 heterocycles. The van der Waals surface area contributed by atoms with E-state index in [9.17, 15) is 9.59 Å². The Morgan fingerprint density at radius 1 is 0.875 bits per heavy atom. The number of benzene rings is 2. The summed E-state index contributed by atoms with van der Waals surface area (Å²) in [4.78, 5) is 30.2.